The zero-order valence-electron chi connectivity index (χ0n) is 11.8. The Bertz CT molecular complexity index is 522. The molecule has 0 aromatic carbocycles. The first-order valence-corrected chi connectivity index (χ1v) is 6.84. The molecule has 2 heterocycles. The van der Waals surface area contributed by atoms with Crippen molar-refractivity contribution < 1.29 is 4.79 Å². The Balaban J connectivity index is 2.26. The lowest BCUT2D eigenvalue weighted by Crippen LogP contribution is -2.39. The number of rotatable bonds is 3. The number of carbonyl (C=O) groups excluding carboxylic acids is 1. The van der Waals surface area contributed by atoms with Crippen LogP contribution in [0.4, 0.5) is 5.82 Å². The van der Waals surface area contributed by atoms with Gasteiger partial charge in [0.1, 0.15) is 17.4 Å². The molecule has 1 aliphatic heterocycles. The van der Waals surface area contributed by atoms with Crippen LogP contribution in [0.1, 0.15) is 45.4 Å². The fraction of sp³-hybridized carbons (Fsp3) is 0.643. The lowest BCUT2D eigenvalue weighted by molar-refractivity contribution is -0.120. The number of H-pyrrole nitrogens is 1. The third-order valence-electron chi connectivity index (χ3n) is 3.61. The van der Waals surface area contributed by atoms with E-state index in [2.05, 4.69) is 14.9 Å². The number of nitrogens with zero attached hydrogens (tertiary/aromatic N) is 2. The molecule has 2 rings (SSSR count). The first kappa shape index (κ1) is 13.8. The van der Waals surface area contributed by atoms with Crippen LogP contribution in [0.5, 0.6) is 0 Å². The van der Waals surface area contributed by atoms with Crippen molar-refractivity contribution in [2.75, 3.05) is 18.0 Å². The molecule has 1 aromatic rings. The third kappa shape index (κ3) is 3.22. The number of piperidine rings is 1. The van der Waals surface area contributed by atoms with Crippen LogP contribution in [-0.4, -0.2) is 28.8 Å². The molecule has 104 valence electrons. The number of hydrogen-bond donors (Lipinski definition) is 1. The summed E-state index contributed by atoms with van der Waals surface area (Å²) in [6.07, 6.45) is 1.90. The number of anilines is 1. The Hall–Kier alpha value is -1.65. The molecule has 1 aliphatic rings. The van der Waals surface area contributed by atoms with E-state index in [1.54, 1.807) is 6.92 Å². The van der Waals surface area contributed by atoms with Crippen LogP contribution in [0.3, 0.4) is 0 Å². The van der Waals surface area contributed by atoms with E-state index in [-0.39, 0.29) is 23.2 Å². The maximum absolute atomic E-state index is 11.7. The molecule has 19 heavy (non-hydrogen) atoms. The maximum Gasteiger partial charge on any atom is 0.252 e. The lowest BCUT2D eigenvalue weighted by Gasteiger charge is -2.32. The van der Waals surface area contributed by atoms with Crippen molar-refractivity contribution in [3.05, 3.63) is 22.2 Å². The molecule has 1 unspecified atom stereocenters. The largest absolute Gasteiger partial charge is 0.356 e. The second-order valence-electron chi connectivity index (χ2n) is 5.54. The highest BCUT2D eigenvalue weighted by Gasteiger charge is 2.24. The van der Waals surface area contributed by atoms with Gasteiger partial charge in [0.15, 0.2) is 0 Å². The van der Waals surface area contributed by atoms with Crippen LogP contribution in [0.2, 0.25) is 0 Å². The van der Waals surface area contributed by atoms with Crippen LogP contribution >= 0.6 is 0 Å². The van der Waals surface area contributed by atoms with Crippen molar-refractivity contribution in [2.24, 2.45) is 5.92 Å². The lowest BCUT2D eigenvalue weighted by atomic mass is 9.94. The standard InChI is InChI=1S/C14H21N3O2/c1-9(2)14-15-12(7-13(19)16-14)17-6-4-5-11(8-17)10(3)18/h7,9,11H,4-6,8H2,1-3H3,(H,15,16,19). The molecule has 1 atom stereocenters. The summed E-state index contributed by atoms with van der Waals surface area (Å²) in [5.74, 6) is 1.86. The van der Waals surface area contributed by atoms with E-state index >= 15 is 0 Å². The Kier molecular flexibility index (Phi) is 4.02. The van der Waals surface area contributed by atoms with Gasteiger partial charge in [0.2, 0.25) is 0 Å². The Labute approximate surface area is 113 Å². The van der Waals surface area contributed by atoms with Gasteiger partial charge >= 0.3 is 0 Å². The third-order valence-corrected chi connectivity index (χ3v) is 3.61. The Morgan fingerprint density at radius 2 is 2.26 bits per heavy atom. The number of nitrogens with one attached hydrogen (secondary N) is 1. The molecule has 5 nitrogen and oxygen atoms in total. The van der Waals surface area contributed by atoms with Gasteiger partial charge in [0, 0.05) is 31.0 Å². The Morgan fingerprint density at radius 3 is 2.89 bits per heavy atom. The first-order valence-electron chi connectivity index (χ1n) is 6.84. The average Bonchev–Trinajstić information content (AvgIpc) is 2.38. The van der Waals surface area contributed by atoms with Crippen molar-refractivity contribution in [1.29, 1.82) is 0 Å². The molecule has 0 saturated carbocycles. The fourth-order valence-electron chi connectivity index (χ4n) is 2.42. The van der Waals surface area contributed by atoms with Gasteiger partial charge in [-0.25, -0.2) is 4.98 Å². The van der Waals surface area contributed by atoms with E-state index in [1.165, 1.54) is 6.07 Å². The molecular formula is C14H21N3O2. The monoisotopic (exact) mass is 263 g/mol. The summed E-state index contributed by atoms with van der Waals surface area (Å²) in [7, 11) is 0. The summed E-state index contributed by atoms with van der Waals surface area (Å²) in [5.41, 5.74) is -0.126. The van der Waals surface area contributed by atoms with Crippen LogP contribution in [-0.2, 0) is 4.79 Å². The molecule has 0 amide bonds. The number of Topliss-reactive ketones (excluding diaryl/α,β-unsaturated/α-hetero) is 1. The summed E-state index contributed by atoms with van der Waals surface area (Å²) in [6, 6.07) is 1.52. The van der Waals surface area contributed by atoms with E-state index in [0.29, 0.717) is 18.2 Å². The van der Waals surface area contributed by atoms with Gasteiger partial charge in [-0.05, 0) is 19.8 Å². The van der Waals surface area contributed by atoms with Crippen LogP contribution in [0.15, 0.2) is 10.9 Å². The average molecular weight is 263 g/mol. The summed E-state index contributed by atoms with van der Waals surface area (Å²) in [6.45, 7) is 7.16. The van der Waals surface area contributed by atoms with Crippen molar-refractivity contribution >= 4 is 11.6 Å². The number of carbonyl (C=O) groups is 1. The number of ketones is 1. The van der Waals surface area contributed by atoms with Crippen molar-refractivity contribution in [2.45, 2.75) is 39.5 Å². The molecule has 1 aromatic heterocycles. The fourth-order valence-corrected chi connectivity index (χ4v) is 2.42. The van der Waals surface area contributed by atoms with Gasteiger partial charge in [-0.15, -0.1) is 0 Å². The second kappa shape index (κ2) is 5.55. The molecule has 0 radical (unpaired) electrons. The number of aromatic nitrogens is 2. The van der Waals surface area contributed by atoms with E-state index < -0.39 is 0 Å². The highest BCUT2D eigenvalue weighted by Crippen LogP contribution is 2.22. The van der Waals surface area contributed by atoms with Gasteiger partial charge in [-0.3, -0.25) is 9.59 Å². The zero-order chi connectivity index (χ0) is 14.0. The molecule has 0 aliphatic carbocycles. The van der Waals surface area contributed by atoms with E-state index in [9.17, 15) is 9.59 Å². The molecule has 1 fully saturated rings. The van der Waals surface area contributed by atoms with Crippen LogP contribution in [0.25, 0.3) is 0 Å². The first-order chi connectivity index (χ1) is 8.97. The zero-order valence-corrected chi connectivity index (χ0v) is 11.8. The maximum atomic E-state index is 11.7. The van der Waals surface area contributed by atoms with Crippen LogP contribution < -0.4 is 10.5 Å². The summed E-state index contributed by atoms with van der Waals surface area (Å²) in [4.78, 5) is 32.5. The molecular weight excluding hydrogens is 242 g/mol. The van der Waals surface area contributed by atoms with E-state index in [0.717, 1.165) is 19.4 Å². The van der Waals surface area contributed by atoms with E-state index in [4.69, 9.17) is 0 Å². The molecule has 0 bridgehead atoms. The molecule has 1 N–H and O–H groups in total. The quantitative estimate of drug-likeness (QED) is 0.901. The van der Waals surface area contributed by atoms with Gasteiger partial charge < -0.3 is 9.88 Å². The molecule has 0 spiro atoms. The highest BCUT2D eigenvalue weighted by atomic mass is 16.1. The van der Waals surface area contributed by atoms with Crippen molar-refractivity contribution in [1.82, 2.24) is 9.97 Å². The summed E-state index contributed by atoms with van der Waals surface area (Å²) < 4.78 is 0. The highest BCUT2D eigenvalue weighted by molar-refractivity contribution is 5.79. The van der Waals surface area contributed by atoms with E-state index in [1.807, 2.05) is 13.8 Å². The van der Waals surface area contributed by atoms with Gasteiger partial charge in [0.25, 0.3) is 5.56 Å². The van der Waals surface area contributed by atoms with Crippen molar-refractivity contribution in [3.8, 4) is 0 Å². The smallest absolute Gasteiger partial charge is 0.252 e. The normalized spacial score (nSPS) is 19.8. The summed E-state index contributed by atoms with van der Waals surface area (Å²) in [5, 5.41) is 0. The SMILES string of the molecule is CC(=O)C1CCCN(c2cc(=O)[nH]c(C(C)C)n2)C1. The predicted molar refractivity (Wildman–Crippen MR) is 74.6 cm³/mol. The predicted octanol–water partition coefficient (Wildman–Crippen LogP) is 1.70. The van der Waals surface area contributed by atoms with Crippen LogP contribution in [0, 0.1) is 5.92 Å². The molecule has 5 heteroatoms. The Morgan fingerprint density at radius 1 is 1.53 bits per heavy atom. The van der Waals surface area contributed by atoms with Gasteiger partial charge in [-0.1, -0.05) is 13.8 Å². The van der Waals surface area contributed by atoms with Crippen molar-refractivity contribution in [3.63, 3.8) is 0 Å². The number of hydrogen-bond acceptors (Lipinski definition) is 4. The molecule has 1 saturated heterocycles. The minimum atomic E-state index is -0.126. The number of aromatic amines is 1. The second-order valence-corrected chi connectivity index (χ2v) is 5.54. The minimum Gasteiger partial charge on any atom is -0.356 e. The topological polar surface area (TPSA) is 66.1 Å². The van der Waals surface area contributed by atoms with Gasteiger partial charge in [-0.2, -0.15) is 0 Å². The minimum absolute atomic E-state index is 0.0670. The van der Waals surface area contributed by atoms with Gasteiger partial charge in [0.05, 0.1) is 0 Å². The summed E-state index contributed by atoms with van der Waals surface area (Å²) >= 11 is 0.